The van der Waals surface area contributed by atoms with Crippen molar-refractivity contribution in [3.05, 3.63) is 53.7 Å². The first-order chi connectivity index (χ1) is 17.1. The largest absolute Gasteiger partial charge is 0.508 e. The fraction of sp³-hybridized carbons (Fsp3) is 0.458. The van der Waals surface area contributed by atoms with Gasteiger partial charge in [0, 0.05) is 32.4 Å². The number of alkyl halides is 3. The number of nitrogens with one attached hydrogen (secondary N) is 1. The van der Waals surface area contributed by atoms with E-state index in [0.29, 0.717) is 31.1 Å². The molecule has 9 nitrogen and oxygen atoms in total. The van der Waals surface area contributed by atoms with E-state index in [0.717, 1.165) is 43.9 Å². The normalized spacial score (nSPS) is 22.2. The maximum absolute atomic E-state index is 10.6. The number of aromatic nitrogens is 1. The number of carboxylic acid groups (broad SMARTS) is 1. The van der Waals surface area contributed by atoms with Gasteiger partial charge >= 0.3 is 12.1 Å². The first kappa shape index (κ1) is 27.2. The van der Waals surface area contributed by atoms with E-state index in [-0.39, 0.29) is 11.7 Å². The SMILES string of the molecule is N#Cc1ccc(NC[C@H]2CC[C@@]3(COCCN(Cc4cccc(O)c4)C3)O2)nc1.O=C(O)C(F)(F)F. The Hall–Kier alpha value is -3.40. The quantitative estimate of drug-likeness (QED) is 0.558. The number of nitrogens with zero attached hydrogens (tertiary/aromatic N) is 3. The summed E-state index contributed by atoms with van der Waals surface area (Å²) < 4.78 is 44.1. The molecule has 0 unspecified atom stereocenters. The van der Waals surface area contributed by atoms with Crippen LogP contribution in [0.15, 0.2) is 42.6 Å². The number of phenolic OH excluding ortho intramolecular Hbond substituents is 1. The first-order valence-electron chi connectivity index (χ1n) is 11.2. The summed E-state index contributed by atoms with van der Waals surface area (Å²) in [5.41, 5.74) is 1.34. The molecule has 2 atom stereocenters. The lowest BCUT2D eigenvalue weighted by atomic mass is 10.00. The van der Waals surface area contributed by atoms with Gasteiger partial charge in [0.05, 0.1) is 24.9 Å². The highest BCUT2D eigenvalue weighted by Gasteiger charge is 2.43. The zero-order chi connectivity index (χ0) is 26.2. The van der Waals surface area contributed by atoms with Crippen molar-refractivity contribution in [1.82, 2.24) is 9.88 Å². The van der Waals surface area contributed by atoms with Crippen LogP contribution in [0.2, 0.25) is 0 Å². The predicted octanol–water partition coefficient (Wildman–Crippen LogP) is 3.15. The molecule has 1 aromatic carbocycles. The van der Waals surface area contributed by atoms with Crippen molar-refractivity contribution in [3.63, 3.8) is 0 Å². The molecule has 194 valence electrons. The maximum Gasteiger partial charge on any atom is 0.490 e. The van der Waals surface area contributed by atoms with Gasteiger partial charge in [0.15, 0.2) is 0 Å². The van der Waals surface area contributed by atoms with Crippen molar-refractivity contribution >= 4 is 11.8 Å². The molecule has 36 heavy (non-hydrogen) atoms. The number of hydrogen-bond acceptors (Lipinski definition) is 8. The number of phenols is 1. The van der Waals surface area contributed by atoms with Crippen LogP contribution >= 0.6 is 0 Å². The van der Waals surface area contributed by atoms with Crippen LogP contribution in [0.3, 0.4) is 0 Å². The van der Waals surface area contributed by atoms with Crippen LogP contribution < -0.4 is 5.32 Å². The second kappa shape index (κ2) is 12.0. The molecule has 12 heteroatoms. The summed E-state index contributed by atoms with van der Waals surface area (Å²) in [4.78, 5) is 15.5. The van der Waals surface area contributed by atoms with E-state index in [4.69, 9.17) is 24.6 Å². The summed E-state index contributed by atoms with van der Waals surface area (Å²) in [5.74, 6) is -1.72. The minimum absolute atomic E-state index is 0.0942. The van der Waals surface area contributed by atoms with Gasteiger partial charge in [-0.15, -0.1) is 0 Å². The molecule has 2 fully saturated rings. The van der Waals surface area contributed by atoms with E-state index in [2.05, 4.69) is 21.3 Å². The smallest absolute Gasteiger partial charge is 0.490 e. The van der Waals surface area contributed by atoms with E-state index >= 15 is 0 Å². The Morgan fingerprint density at radius 2 is 2.11 bits per heavy atom. The number of pyridine rings is 1. The summed E-state index contributed by atoms with van der Waals surface area (Å²) in [7, 11) is 0. The number of carbonyl (C=O) groups is 1. The number of ether oxygens (including phenoxy) is 2. The average molecular weight is 508 g/mol. The zero-order valence-electron chi connectivity index (χ0n) is 19.4. The molecular formula is C24H27F3N4O5. The Morgan fingerprint density at radius 1 is 1.33 bits per heavy atom. The Labute approximate surface area is 206 Å². The predicted molar refractivity (Wildman–Crippen MR) is 122 cm³/mol. The average Bonchev–Trinajstić information content (AvgIpc) is 3.12. The molecular weight excluding hydrogens is 481 g/mol. The number of aliphatic carboxylic acids is 1. The molecule has 0 bridgehead atoms. The van der Waals surface area contributed by atoms with Crippen molar-refractivity contribution in [2.45, 2.75) is 37.3 Å². The van der Waals surface area contributed by atoms with E-state index < -0.39 is 12.1 Å². The summed E-state index contributed by atoms with van der Waals surface area (Å²) in [6.07, 6.45) is -1.50. The van der Waals surface area contributed by atoms with Gasteiger partial charge in [0.2, 0.25) is 0 Å². The zero-order valence-corrected chi connectivity index (χ0v) is 19.4. The topological polar surface area (TPSA) is 128 Å². The van der Waals surface area contributed by atoms with Gasteiger partial charge in [0.25, 0.3) is 0 Å². The van der Waals surface area contributed by atoms with E-state index in [9.17, 15) is 18.3 Å². The molecule has 0 amide bonds. The van der Waals surface area contributed by atoms with Crippen molar-refractivity contribution in [2.75, 3.05) is 38.2 Å². The summed E-state index contributed by atoms with van der Waals surface area (Å²) >= 11 is 0. The molecule has 4 rings (SSSR count). The number of anilines is 1. The third kappa shape index (κ3) is 8.08. The third-order valence-electron chi connectivity index (χ3n) is 5.73. The fourth-order valence-corrected chi connectivity index (χ4v) is 4.08. The first-order valence-corrected chi connectivity index (χ1v) is 11.2. The molecule has 0 radical (unpaired) electrons. The Morgan fingerprint density at radius 3 is 2.75 bits per heavy atom. The summed E-state index contributed by atoms with van der Waals surface area (Å²) in [5, 5.41) is 29.0. The number of rotatable bonds is 5. The summed E-state index contributed by atoms with van der Waals surface area (Å²) in [6.45, 7) is 4.39. The lowest BCUT2D eigenvalue weighted by molar-refractivity contribution is -0.192. The standard InChI is InChI=1S/C22H26N4O3.C2HF3O2/c23-11-18-4-5-21(24-12-18)25-13-20-6-7-22(29-20)15-26(8-9-28-16-22)14-17-2-1-3-19(27)10-17;3-2(4,5)1(6)7/h1-5,10,12,20,27H,6-9,13-16H2,(H,24,25);(H,6,7)/t20-,22-;/m1./s1. The number of aromatic hydroxyl groups is 1. The minimum atomic E-state index is -5.08. The maximum atomic E-state index is 10.6. The monoisotopic (exact) mass is 508 g/mol. The molecule has 2 aliphatic heterocycles. The summed E-state index contributed by atoms with van der Waals surface area (Å²) in [6, 6.07) is 13.1. The van der Waals surface area contributed by atoms with Crippen LogP contribution in [0.4, 0.5) is 19.0 Å². The van der Waals surface area contributed by atoms with E-state index in [1.165, 1.54) is 0 Å². The van der Waals surface area contributed by atoms with Crippen LogP contribution in [0.25, 0.3) is 0 Å². The Kier molecular flexibility index (Phi) is 9.08. The van der Waals surface area contributed by atoms with Gasteiger partial charge in [-0.25, -0.2) is 9.78 Å². The Bertz CT molecular complexity index is 1060. The van der Waals surface area contributed by atoms with Gasteiger partial charge < -0.3 is 25.0 Å². The van der Waals surface area contributed by atoms with Crippen molar-refractivity contribution < 1.29 is 37.7 Å². The van der Waals surface area contributed by atoms with Crippen LogP contribution in [-0.2, 0) is 20.8 Å². The van der Waals surface area contributed by atoms with Crippen LogP contribution in [0, 0.1) is 11.3 Å². The fourth-order valence-electron chi connectivity index (χ4n) is 4.08. The van der Waals surface area contributed by atoms with Gasteiger partial charge in [-0.05, 0) is 42.7 Å². The third-order valence-corrected chi connectivity index (χ3v) is 5.73. The number of carboxylic acids is 1. The van der Waals surface area contributed by atoms with Crippen molar-refractivity contribution in [1.29, 1.82) is 5.26 Å². The van der Waals surface area contributed by atoms with Gasteiger partial charge in [-0.3, -0.25) is 4.90 Å². The molecule has 3 heterocycles. The van der Waals surface area contributed by atoms with Gasteiger partial charge in [-0.2, -0.15) is 18.4 Å². The number of halogens is 3. The second-order valence-electron chi connectivity index (χ2n) is 8.62. The number of hydrogen-bond donors (Lipinski definition) is 3. The van der Waals surface area contributed by atoms with Crippen molar-refractivity contribution in [3.8, 4) is 11.8 Å². The second-order valence-corrected chi connectivity index (χ2v) is 8.62. The molecule has 0 aliphatic carbocycles. The molecule has 2 aliphatic rings. The van der Waals surface area contributed by atoms with E-state index in [1.807, 2.05) is 24.3 Å². The van der Waals surface area contributed by atoms with Gasteiger partial charge in [-0.1, -0.05) is 12.1 Å². The van der Waals surface area contributed by atoms with Crippen LogP contribution in [0.1, 0.15) is 24.0 Å². The highest BCUT2D eigenvalue weighted by atomic mass is 19.4. The van der Waals surface area contributed by atoms with Crippen LogP contribution in [0.5, 0.6) is 5.75 Å². The van der Waals surface area contributed by atoms with Gasteiger partial charge in [0.1, 0.15) is 23.2 Å². The Balaban J connectivity index is 0.000000454. The molecule has 2 saturated heterocycles. The number of nitriles is 1. The van der Waals surface area contributed by atoms with E-state index in [1.54, 1.807) is 18.3 Å². The molecule has 3 N–H and O–H groups in total. The number of benzene rings is 1. The molecule has 0 saturated carbocycles. The lowest BCUT2D eigenvalue weighted by Crippen LogP contribution is -2.44. The highest BCUT2D eigenvalue weighted by Crippen LogP contribution is 2.33. The van der Waals surface area contributed by atoms with Crippen molar-refractivity contribution in [2.24, 2.45) is 0 Å². The molecule has 1 spiro atoms. The van der Waals surface area contributed by atoms with Crippen LogP contribution in [-0.4, -0.2) is 76.8 Å². The minimum Gasteiger partial charge on any atom is -0.508 e. The highest BCUT2D eigenvalue weighted by molar-refractivity contribution is 5.73. The molecule has 1 aromatic heterocycles. The molecule has 2 aromatic rings. The lowest BCUT2D eigenvalue weighted by Gasteiger charge is -2.32.